The molecular weight excluding hydrogens is 272 g/mol. The minimum Gasteiger partial charge on any atom is -0.396 e. The Morgan fingerprint density at radius 3 is 2.56 bits per heavy atom. The van der Waals surface area contributed by atoms with E-state index in [1.165, 1.54) is 6.92 Å². The van der Waals surface area contributed by atoms with Crippen molar-refractivity contribution in [1.29, 1.82) is 0 Å². The molecule has 2 rings (SSSR count). The van der Waals surface area contributed by atoms with Crippen molar-refractivity contribution in [1.82, 2.24) is 0 Å². The van der Waals surface area contributed by atoms with Crippen molar-refractivity contribution >= 4 is 37.6 Å². The van der Waals surface area contributed by atoms with E-state index in [0.717, 1.165) is 24.2 Å². The van der Waals surface area contributed by atoms with Gasteiger partial charge in [0.2, 0.25) is 0 Å². The summed E-state index contributed by atoms with van der Waals surface area (Å²) in [6.07, 6.45) is 2.05. The summed E-state index contributed by atoms with van der Waals surface area (Å²) in [5.74, 6) is -0.223. The molecule has 0 atom stereocenters. The first-order valence-electron chi connectivity index (χ1n) is 5.79. The SMILES string of the molecule is CCS(=O)(=O)c1c(NC2CC2)sc(C(C)=O)c1N. The van der Waals surface area contributed by atoms with Crippen LogP contribution in [0.15, 0.2) is 4.90 Å². The fourth-order valence-corrected chi connectivity index (χ4v) is 4.28. The Bertz CT molecular complexity index is 586. The lowest BCUT2D eigenvalue weighted by atomic mass is 10.3. The Morgan fingerprint density at radius 1 is 1.50 bits per heavy atom. The van der Waals surface area contributed by atoms with E-state index < -0.39 is 9.84 Å². The largest absolute Gasteiger partial charge is 0.396 e. The van der Waals surface area contributed by atoms with Gasteiger partial charge in [-0.1, -0.05) is 6.92 Å². The van der Waals surface area contributed by atoms with Crippen LogP contribution in [0, 0.1) is 0 Å². The summed E-state index contributed by atoms with van der Waals surface area (Å²) >= 11 is 1.14. The van der Waals surface area contributed by atoms with Crippen molar-refractivity contribution in [3.05, 3.63) is 4.88 Å². The van der Waals surface area contributed by atoms with Gasteiger partial charge in [0.25, 0.3) is 0 Å². The van der Waals surface area contributed by atoms with Crippen molar-refractivity contribution < 1.29 is 13.2 Å². The predicted octanol–water partition coefficient (Wildman–Crippen LogP) is 1.90. The average Bonchev–Trinajstić information content (AvgIpc) is 3.02. The number of carbonyl (C=O) groups is 1. The van der Waals surface area contributed by atoms with Crippen molar-refractivity contribution in [3.63, 3.8) is 0 Å². The molecule has 1 heterocycles. The topological polar surface area (TPSA) is 89.3 Å². The van der Waals surface area contributed by atoms with Gasteiger partial charge in [0.05, 0.1) is 16.3 Å². The highest BCUT2D eigenvalue weighted by atomic mass is 32.2. The summed E-state index contributed by atoms with van der Waals surface area (Å²) in [6.45, 7) is 2.96. The smallest absolute Gasteiger partial charge is 0.183 e. The highest BCUT2D eigenvalue weighted by molar-refractivity contribution is 7.91. The molecule has 0 radical (unpaired) electrons. The monoisotopic (exact) mass is 288 g/mol. The van der Waals surface area contributed by atoms with E-state index in [9.17, 15) is 13.2 Å². The van der Waals surface area contributed by atoms with Gasteiger partial charge in [-0.3, -0.25) is 4.79 Å². The van der Waals surface area contributed by atoms with Crippen molar-refractivity contribution in [2.75, 3.05) is 16.8 Å². The van der Waals surface area contributed by atoms with E-state index in [2.05, 4.69) is 5.32 Å². The predicted molar refractivity (Wildman–Crippen MR) is 73.1 cm³/mol. The van der Waals surface area contributed by atoms with Gasteiger partial charge >= 0.3 is 0 Å². The van der Waals surface area contributed by atoms with E-state index in [1.54, 1.807) is 6.92 Å². The quantitative estimate of drug-likeness (QED) is 0.808. The molecule has 1 aliphatic rings. The molecule has 1 saturated carbocycles. The third-order valence-electron chi connectivity index (χ3n) is 2.82. The summed E-state index contributed by atoms with van der Waals surface area (Å²) in [6, 6.07) is 0.314. The zero-order valence-corrected chi connectivity index (χ0v) is 12.0. The third kappa shape index (κ3) is 2.37. The van der Waals surface area contributed by atoms with E-state index in [-0.39, 0.29) is 22.1 Å². The Balaban J connectivity index is 2.55. The summed E-state index contributed by atoms with van der Waals surface area (Å²) in [4.78, 5) is 11.9. The van der Waals surface area contributed by atoms with Crippen LogP contribution < -0.4 is 11.1 Å². The molecule has 5 nitrogen and oxygen atoms in total. The number of hydrogen-bond donors (Lipinski definition) is 2. The highest BCUT2D eigenvalue weighted by Crippen LogP contribution is 2.42. The molecule has 3 N–H and O–H groups in total. The first-order valence-corrected chi connectivity index (χ1v) is 8.26. The Morgan fingerprint density at radius 2 is 2.11 bits per heavy atom. The summed E-state index contributed by atoms with van der Waals surface area (Å²) in [5, 5.41) is 3.66. The molecule has 0 aromatic carbocycles. The van der Waals surface area contributed by atoms with Crippen LogP contribution in [0.1, 0.15) is 36.4 Å². The number of hydrogen-bond acceptors (Lipinski definition) is 6. The standard InChI is InChI=1S/C11H16N2O3S2/c1-3-18(15,16)10-8(12)9(6(2)14)17-11(10)13-7-4-5-7/h7,13H,3-5,12H2,1-2H3. The first kappa shape index (κ1) is 13.4. The van der Waals surface area contributed by atoms with Crippen LogP contribution in [0.25, 0.3) is 0 Å². The maximum Gasteiger partial charge on any atom is 0.183 e. The van der Waals surface area contributed by atoms with Gasteiger partial charge in [-0.25, -0.2) is 8.42 Å². The summed E-state index contributed by atoms with van der Waals surface area (Å²) < 4.78 is 24.1. The van der Waals surface area contributed by atoms with Gasteiger partial charge in [-0.05, 0) is 12.8 Å². The number of sulfone groups is 1. The van der Waals surface area contributed by atoms with Crippen LogP contribution in [0.2, 0.25) is 0 Å². The average molecular weight is 288 g/mol. The van der Waals surface area contributed by atoms with Gasteiger partial charge < -0.3 is 11.1 Å². The van der Waals surface area contributed by atoms with Crippen LogP contribution in [-0.2, 0) is 9.84 Å². The van der Waals surface area contributed by atoms with Gasteiger partial charge in [-0.15, -0.1) is 11.3 Å². The van der Waals surface area contributed by atoms with E-state index in [0.29, 0.717) is 15.9 Å². The maximum atomic E-state index is 12.1. The number of nitrogen functional groups attached to an aromatic ring is 1. The van der Waals surface area contributed by atoms with Gasteiger partial charge in [0, 0.05) is 13.0 Å². The molecule has 1 aromatic heterocycles. The van der Waals surface area contributed by atoms with Crippen LogP contribution >= 0.6 is 11.3 Å². The normalized spacial score (nSPS) is 15.7. The molecule has 1 aliphatic carbocycles. The highest BCUT2D eigenvalue weighted by Gasteiger charge is 2.30. The lowest BCUT2D eigenvalue weighted by Gasteiger charge is -2.06. The second kappa shape index (κ2) is 4.55. The minimum absolute atomic E-state index is 0.0232. The summed E-state index contributed by atoms with van der Waals surface area (Å²) in [5.41, 5.74) is 5.93. The van der Waals surface area contributed by atoms with Crippen LogP contribution in [0.5, 0.6) is 0 Å². The Hall–Kier alpha value is -1.08. The van der Waals surface area contributed by atoms with Crippen molar-refractivity contribution in [2.45, 2.75) is 37.6 Å². The van der Waals surface area contributed by atoms with E-state index in [1.807, 2.05) is 0 Å². The second-order valence-corrected chi connectivity index (χ2v) is 7.62. The molecule has 0 amide bonds. The first-order chi connectivity index (χ1) is 8.36. The molecule has 1 aromatic rings. The van der Waals surface area contributed by atoms with Gasteiger partial charge in [-0.2, -0.15) is 0 Å². The van der Waals surface area contributed by atoms with Gasteiger partial charge in [0.15, 0.2) is 15.6 Å². The third-order valence-corrected chi connectivity index (χ3v) is 6.00. The zero-order chi connectivity index (χ0) is 13.5. The number of Topliss-reactive ketones (excluding diaryl/α,β-unsaturated/α-hetero) is 1. The molecular formula is C11H16N2O3S2. The molecule has 0 spiro atoms. The lowest BCUT2D eigenvalue weighted by Crippen LogP contribution is -2.10. The van der Waals surface area contributed by atoms with E-state index in [4.69, 9.17) is 5.73 Å². The van der Waals surface area contributed by atoms with Crippen molar-refractivity contribution in [3.8, 4) is 0 Å². The Labute approximate surface area is 110 Å². The number of thiophene rings is 1. The Kier molecular flexibility index (Phi) is 3.37. The van der Waals surface area contributed by atoms with Crippen molar-refractivity contribution in [2.24, 2.45) is 0 Å². The number of rotatable bonds is 5. The fourth-order valence-electron chi connectivity index (χ4n) is 1.65. The fraction of sp³-hybridized carbons (Fsp3) is 0.545. The molecule has 0 bridgehead atoms. The number of carbonyl (C=O) groups excluding carboxylic acids is 1. The number of nitrogens with one attached hydrogen (secondary N) is 1. The number of anilines is 2. The van der Waals surface area contributed by atoms with Crippen LogP contribution in [-0.4, -0.2) is 26.0 Å². The molecule has 0 saturated heterocycles. The number of nitrogens with two attached hydrogens (primary N) is 1. The second-order valence-electron chi connectivity index (χ2n) is 4.38. The molecule has 0 aliphatic heterocycles. The molecule has 1 fully saturated rings. The van der Waals surface area contributed by atoms with Crippen LogP contribution in [0.4, 0.5) is 10.7 Å². The molecule has 7 heteroatoms. The van der Waals surface area contributed by atoms with Gasteiger partial charge in [0.1, 0.15) is 9.90 Å². The lowest BCUT2D eigenvalue weighted by molar-refractivity contribution is 0.102. The van der Waals surface area contributed by atoms with Crippen LogP contribution in [0.3, 0.4) is 0 Å². The number of ketones is 1. The maximum absolute atomic E-state index is 12.1. The summed E-state index contributed by atoms with van der Waals surface area (Å²) in [7, 11) is -3.42. The molecule has 18 heavy (non-hydrogen) atoms. The van der Waals surface area contributed by atoms with E-state index >= 15 is 0 Å². The molecule has 100 valence electrons. The minimum atomic E-state index is -3.42. The zero-order valence-electron chi connectivity index (χ0n) is 10.3. The molecule has 0 unspecified atom stereocenters.